The Balaban J connectivity index is 2.52. The van der Waals surface area contributed by atoms with Crippen LogP contribution in [0.15, 0.2) is 18.2 Å². The number of ether oxygens (including phenoxy) is 1. The van der Waals surface area contributed by atoms with E-state index in [0.29, 0.717) is 5.56 Å². The van der Waals surface area contributed by atoms with E-state index in [2.05, 4.69) is 10.2 Å². The molecule has 0 saturated carbocycles. The molecule has 1 aromatic rings. The maximum Gasteiger partial charge on any atom is 0.330 e. The van der Waals surface area contributed by atoms with Gasteiger partial charge in [-0.15, -0.1) is 0 Å². The molecule has 0 bridgehead atoms. The lowest BCUT2D eigenvalue weighted by molar-refractivity contribution is -0.167. The third-order valence-electron chi connectivity index (χ3n) is 2.65. The predicted molar refractivity (Wildman–Crippen MR) is 68.0 cm³/mol. The van der Waals surface area contributed by atoms with Gasteiger partial charge in [-0.2, -0.15) is 8.78 Å². The molecule has 0 saturated heterocycles. The standard InChI is InChI=1S/C12H14ClF5N2O/c13-10-4-8(14)2-1-7(10)3-9(20-19)5-21-6-12(17,18)11(15)16/h1-2,4,9,11,20H,3,5-6,19H2. The normalized spacial score (nSPS) is 13.7. The van der Waals surface area contributed by atoms with E-state index in [1.54, 1.807) is 0 Å². The quantitative estimate of drug-likeness (QED) is 0.437. The number of hydrogen-bond acceptors (Lipinski definition) is 3. The van der Waals surface area contributed by atoms with E-state index in [-0.39, 0.29) is 18.1 Å². The van der Waals surface area contributed by atoms with E-state index in [0.717, 1.165) is 6.07 Å². The number of hydrazine groups is 1. The first-order valence-electron chi connectivity index (χ1n) is 5.90. The molecular weight excluding hydrogens is 319 g/mol. The Labute approximate surface area is 123 Å². The van der Waals surface area contributed by atoms with Gasteiger partial charge in [-0.1, -0.05) is 17.7 Å². The van der Waals surface area contributed by atoms with Crippen LogP contribution in [0.25, 0.3) is 0 Å². The molecule has 0 aliphatic heterocycles. The van der Waals surface area contributed by atoms with Crippen molar-refractivity contribution in [3.05, 3.63) is 34.6 Å². The van der Waals surface area contributed by atoms with Crippen molar-refractivity contribution < 1.29 is 26.7 Å². The van der Waals surface area contributed by atoms with Gasteiger partial charge >= 0.3 is 12.3 Å². The van der Waals surface area contributed by atoms with Gasteiger partial charge in [0.1, 0.15) is 12.4 Å². The second-order valence-corrected chi connectivity index (χ2v) is 4.79. The van der Waals surface area contributed by atoms with Gasteiger partial charge in [0.2, 0.25) is 0 Å². The summed E-state index contributed by atoms with van der Waals surface area (Å²) >= 11 is 5.81. The molecule has 120 valence electrons. The Kier molecular flexibility index (Phi) is 6.79. The number of nitrogens with two attached hydrogens (primary N) is 1. The van der Waals surface area contributed by atoms with E-state index < -0.39 is 30.8 Å². The van der Waals surface area contributed by atoms with Crippen LogP contribution in [0.2, 0.25) is 5.02 Å². The first-order valence-corrected chi connectivity index (χ1v) is 6.28. The Bertz CT molecular complexity index is 461. The molecule has 1 aromatic carbocycles. The maximum atomic E-state index is 12.9. The molecule has 9 heteroatoms. The minimum absolute atomic E-state index is 0.146. The molecule has 0 spiro atoms. The Morgan fingerprint density at radius 2 is 2.00 bits per heavy atom. The highest BCUT2D eigenvalue weighted by atomic mass is 35.5. The Hall–Kier alpha value is -0.960. The van der Waals surface area contributed by atoms with E-state index in [9.17, 15) is 22.0 Å². The van der Waals surface area contributed by atoms with Crippen LogP contribution in [0, 0.1) is 5.82 Å². The summed E-state index contributed by atoms with van der Waals surface area (Å²) in [6, 6.07) is 3.05. The summed E-state index contributed by atoms with van der Waals surface area (Å²) in [4.78, 5) is 0. The van der Waals surface area contributed by atoms with E-state index >= 15 is 0 Å². The first kappa shape index (κ1) is 18.1. The van der Waals surface area contributed by atoms with Crippen LogP contribution < -0.4 is 11.3 Å². The van der Waals surface area contributed by atoms with Crippen molar-refractivity contribution in [1.82, 2.24) is 5.43 Å². The van der Waals surface area contributed by atoms with Crippen LogP contribution in [-0.2, 0) is 11.2 Å². The lowest BCUT2D eigenvalue weighted by Crippen LogP contribution is -2.42. The molecule has 3 nitrogen and oxygen atoms in total. The van der Waals surface area contributed by atoms with Gasteiger partial charge < -0.3 is 4.74 Å². The van der Waals surface area contributed by atoms with Crippen LogP contribution in [-0.4, -0.2) is 31.6 Å². The van der Waals surface area contributed by atoms with Crippen molar-refractivity contribution in [3.63, 3.8) is 0 Å². The highest BCUT2D eigenvalue weighted by Gasteiger charge is 2.41. The van der Waals surface area contributed by atoms with E-state index in [1.165, 1.54) is 12.1 Å². The van der Waals surface area contributed by atoms with Crippen LogP contribution in [0.5, 0.6) is 0 Å². The smallest absolute Gasteiger partial charge is 0.330 e. The summed E-state index contributed by atoms with van der Waals surface area (Å²) in [5, 5.41) is 0.146. The molecule has 0 aliphatic rings. The maximum absolute atomic E-state index is 12.9. The molecule has 1 unspecified atom stereocenters. The fourth-order valence-corrected chi connectivity index (χ4v) is 1.76. The monoisotopic (exact) mass is 332 g/mol. The molecule has 0 heterocycles. The van der Waals surface area contributed by atoms with Gasteiger partial charge in [0.25, 0.3) is 0 Å². The zero-order chi connectivity index (χ0) is 16.0. The van der Waals surface area contributed by atoms with Gasteiger partial charge in [-0.25, -0.2) is 13.2 Å². The molecule has 0 aromatic heterocycles. The number of alkyl halides is 4. The molecule has 21 heavy (non-hydrogen) atoms. The van der Waals surface area contributed by atoms with Crippen molar-refractivity contribution in [3.8, 4) is 0 Å². The molecular formula is C12H14ClF5N2O. The largest absolute Gasteiger partial charge is 0.373 e. The van der Waals surface area contributed by atoms with Gasteiger partial charge in [-0.05, 0) is 24.1 Å². The molecule has 1 atom stereocenters. The zero-order valence-corrected chi connectivity index (χ0v) is 11.5. The fourth-order valence-electron chi connectivity index (χ4n) is 1.52. The average Bonchev–Trinajstić information content (AvgIpc) is 2.39. The number of hydrogen-bond donors (Lipinski definition) is 2. The summed E-state index contributed by atoms with van der Waals surface area (Å²) in [6.45, 7) is -1.74. The van der Waals surface area contributed by atoms with E-state index in [1.807, 2.05) is 0 Å². The van der Waals surface area contributed by atoms with Crippen molar-refractivity contribution in [2.75, 3.05) is 13.2 Å². The van der Waals surface area contributed by atoms with Crippen LogP contribution >= 0.6 is 11.6 Å². The summed E-state index contributed by atoms with van der Waals surface area (Å²) in [7, 11) is 0. The molecule has 0 radical (unpaired) electrons. The number of halogens is 6. The molecule has 3 N–H and O–H groups in total. The summed E-state index contributed by atoms with van der Waals surface area (Å²) in [5.74, 6) is 0.492. The predicted octanol–water partition coefficient (Wildman–Crippen LogP) is 2.77. The van der Waals surface area contributed by atoms with Crippen LogP contribution in [0.4, 0.5) is 22.0 Å². The summed E-state index contributed by atoms with van der Waals surface area (Å²) < 4.78 is 66.6. The number of benzene rings is 1. The van der Waals surface area contributed by atoms with Gasteiger partial charge in [-0.3, -0.25) is 11.3 Å². The molecule has 0 amide bonds. The summed E-state index contributed by atoms with van der Waals surface area (Å²) in [6.07, 6.45) is -3.64. The van der Waals surface area contributed by atoms with Gasteiger partial charge in [0, 0.05) is 11.1 Å². The van der Waals surface area contributed by atoms with Crippen molar-refractivity contribution >= 4 is 11.6 Å². The highest BCUT2D eigenvalue weighted by molar-refractivity contribution is 6.31. The molecule has 1 rings (SSSR count). The Morgan fingerprint density at radius 3 is 2.52 bits per heavy atom. The van der Waals surface area contributed by atoms with Gasteiger partial charge in [0.05, 0.1) is 6.61 Å². The first-order chi connectivity index (χ1) is 9.76. The average molecular weight is 333 g/mol. The van der Waals surface area contributed by atoms with Crippen molar-refractivity contribution in [1.29, 1.82) is 0 Å². The van der Waals surface area contributed by atoms with Crippen LogP contribution in [0.3, 0.4) is 0 Å². The molecule has 0 fully saturated rings. The lowest BCUT2D eigenvalue weighted by Gasteiger charge is -2.20. The fraction of sp³-hybridized carbons (Fsp3) is 0.500. The third-order valence-corrected chi connectivity index (χ3v) is 3.00. The second-order valence-electron chi connectivity index (χ2n) is 4.38. The minimum Gasteiger partial charge on any atom is -0.373 e. The zero-order valence-electron chi connectivity index (χ0n) is 10.8. The number of nitrogens with one attached hydrogen (secondary N) is 1. The lowest BCUT2D eigenvalue weighted by atomic mass is 10.1. The molecule has 0 aliphatic carbocycles. The second kappa shape index (κ2) is 7.88. The topological polar surface area (TPSA) is 47.3 Å². The minimum atomic E-state index is -4.22. The van der Waals surface area contributed by atoms with Crippen LogP contribution in [0.1, 0.15) is 5.56 Å². The Morgan fingerprint density at radius 1 is 1.33 bits per heavy atom. The van der Waals surface area contributed by atoms with E-state index in [4.69, 9.17) is 17.4 Å². The summed E-state index contributed by atoms with van der Waals surface area (Å²) in [5.41, 5.74) is 2.82. The third kappa shape index (κ3) is 5.74. The SMILES string of the molecule is NNC(COCC(F)(F)C(F)F)Cc1ccc(F)cc1Cl. The van der Waals surface area contributed by atoms with Gasteiger partial charge in [0.15, 0.2) is 0 Å². The number of rotatable bonds is 8. The highest BCUT2D eigenvalue weighted by Crippen LogP contribution is 2.23. The van der Waals surface area contributed by atoms with Crippen molar-refractivity contribution in [2.45, 2.75) is 24.8 Å². The van der Waals surface area contributed by atoms with Crippen molar-refractivity contribution in [2.24, 2.45) is 5.84 Å².